The third-order valence-electron chi connectivity index (χ3n) is 9.10. The lowest BCUT2D eigenvalue weighted by Crippen LogP contribution is -2.29. The number of rotatable bonds is 32. The summed E-state index contributed by atoms with van der Waals surface area (Å²) >= 11 is 0. The van der Waals surface area contributed by atoms with Gasteiger partial charge in [0.2, 0.25) is 0 Å². The average Bonchev–Trinajstić information content (AvgIpc) is 3.38. The minimum Gasteiger partial charge on any atom is -0.461 e. The Hall–Kier alpha value is -1.89. The van der Waals surface area contributed by atoms with E-state index >= 15 is 0 Å². The summed E-state index contributed by atoms with van der Waals surface area (Å²) in [5.74, 6) is -1.74. The minimum absolute atomic E-state index is 0.00712. The maximum atomic E-state index is 12.6. The molecule has 0 aromatic heterocycles. The van der Waals surface area contributed by atoms with E-state index in [1.54, 1.807) is 24.3 Å². The molecule has 13 heteroatoms. The van der Waals surface area contributed by atoms with Gasteiger partial charge in [0.15, 0.2) is 6.10 Å². The van der Waals surface area contributed by atoms with Crippen LogP contribution in [0.3, 0.4) is 0 Å². The first kappa shape index (κ1) is 48.1. The lowest BCUT2D eigenvalue weighted by molar-refractivity contribution is -0.160. The zero-order chi connectivity index (χ0) is 38.5. The SMILES string of the molecule is CCCCCC/C=C\CCCCCCCC(=O)O[C@H](COC(=O)C/C=C\C[C@H]1[C@@H](/C=C/[C@H](O)CCCCC)[C@H](O)C[C@@H]1O)COP(=O)(O)OCCN. The quantitative estimate of drug-likeness (QED) is 0.0205. The van der Waals surface area contributed by atoms with E-state index < -0.39 is 50.8 Å². The lowest BCUT2D eigenvalue weighted by Gasteiger charge is -2.20. The number of unbranched alkanes of at least 4 members (excludes halogenated alkanes) is 11. The number of aliphatic hydroxyl groups excluding tert-OH is 3. The predicted octanol–water partition coefficient (Wildman–Crippen LogP) is 6.98. The number of phosphoric acid groups is 1. The van der Waals surface area contributed by atoms with Gasteiger partial charge in [-0.05, 0) is 50.9 Å². The molecule has 0 bridgehead atoms. The van der Waals surface area contributed by atoms with Gasteiger partial charge < -0.3 is 35.4 Å². The summed E-state index contributed by atoms with van der Waals surface area (Å²) in [6.45, 7) is 3.20. The molecule has 0 aliphatic heterocycles. The second kappa shape index (κ2) is 30.4. The smallest absolute Gasteiger partial charge is 0.461 e. The van der Waals surface area contributed by atoms with E-state index in [1.807, 2.05) is 0 Å². The number of carbonyl (C=O) groups is 2. The minimum atomic E-state index is -4.45. The number of phosphoric ester groups is 1. The van der Waals surface area contributed by atoms with Crippen LogP contribution >= 0.6 is 7.82 Å². The molecule has 12 nitrogen and oxygen atoms in total. The van der Waals surface area contributed by atoms with E-state index in [2.05, 4.69) is 26.0 Å². The van der Waals surface area contributed by atoms with Gasteiger partial charge in [0.25, 0.3) is 0 Å². The summed E-state index contributed by atoms with van der Waals surface area (Å²) in [6.07, 6.45) is 24.5. The van der Waals surface area contributed by atoms with Crippen LogP contribution in [0.5, 0.6) is 0 Å². The number of ether oxygens (including phenoxy) is 2. The Morgan fingerprint density at radius 2 is 1.48 bits per heavy atom. The van der Waals surface area contributed by atoms with Crippen LogP contribution in [0, 0.1) is 11.8 Å². The predicted molar refractivity (Wildman–Crippen MR) is 203 cm³/mol. The molecule has 0 amide bonds. The Morgan fingerprint density at radius 1 is 0.827 bits per heavy atom. The van der Waals surface area contributed by atoms with Crippen LogP contribution in [0.2, 0.25) is 0 Å². The lowest BCUT2D eigenvalue weighted by atomic mass is 9.89. The van der Waals surface area contributed by atoms with Crippen molar-refractivity contribution in [2.75, 3.05) is 26.4 Å². The molecule has 0 aromatic carbocycles. The topological polar surface area (TPSA) is 195 Å². The molecular formula is C39H70NO11P. The van der Waals surface area contributed by atoms with Crippen LogP contribution < -0.4 is 5.73 Å². The Bertz CT molecular complexity index is 1070. The van der Waals surface area contributed by atoms with Gasteiger partial charge in [-0.15, -0.1) is 0 Å². The molecule has 302 valence electrons. The largest absolute Gasteiger partial charge is 0.472 e. The van der Waals surface area contributed by atoms with Crippen molar-refractivity contribution in [2.45, 2.75) is 160 Å². The van der Waals surface area contributed by atoms with Crippen LogP contribution in [0.1, 0.15) is 136 Å². The van der Waals surface area contributed by atoms with Gasteiger partial charge in [-0.1, -0.05) is 108 Å². The molecule has 1 unspecified atom stereocenters. The highest BCUT2D eigenvalue weighted by Crippen LogP contribution is 2.43. The van der Waals surface area contributed by atoms with E-state index in [1.165, 1.54) is 25.7 Å². The maximum Gasteiger partial charge on any atom is 0.472 e. The van der Waals surface area contributed by atoms with Crippen LogP contribution in [0.15, 0.2) is 36.5 Å². The fourth-order valence-corrected chi connectivity index (χ4v) is 6.84. The average molecular weight is 760 g/mol. The number of hydrogen-bond acceptors (Lipinski definition) is 11. The molecule has 6 N–H and O–H groups in total. The van der Waals surface area contributed by atoms with E-state index in [0.29, 0.717) is 19.3 Å². The molecule has 0 saturated heterocycles. The summed E-state index contributed by atoms with van der Waals surface area (Å²) in [7, 11) is -4.45. The van der Waals surface area contributed by atoms with Crippen molar-refractivity contribution in [3.63, 3.8) is 0 Å². The van der Waals surface area contributed by atoms with Crippen LogP contribution in [0.25, 0.3) is 0 Å². The highest BCUT2D eigenvalue weighted by Gasteiger charge is 2.39. The zero-order valence-electron chi connectivity index (χ0n) is 31.9. The maximum absolute atomic E-state index is 12.6. The number of carbonyl (C=O) groups excluding carboxylic acids is 2. The second-order valence-electron chi connectivity index (χ2n) is 13.8. The van der Waals surface area contributed by atoms with E-state index in [0.717, 1.165) is 57.8 Å². The summed E-state index contributed by atoms with van der Waals surface area (Å²) in [5, 5.41) is 31.2. The van der Waals surface area contributed by atoms with Gasteiger partial charge in [-0.2, -0.15) is 0 Å². The first-order valence-corrected chi connectivity index (χ1v) is 21.2. The fraction of sp³-hybridized carbons (Fsp3) is 0.795. The first-order valence-electron chi connectivity index (χ1n) is 19.7. The van der Waals surface area contributed by atoms with Crippen molar-refractivity contribution in [2.24, 2.45) is 17.6 Å². The molecule has 1 rings (SSSR count). The van der Waals surface area contributed by atoms with Gasteiger partial charge in [0, 0.05) is 25.3 Å². The Morgan fingerprint density at radius 3 is 2.17 bits per heavy atom. The standard InChI is InChI=1S/C39H70NO11P/c1-3-5-7-8-9-10-11-12-13-14-15-16-18-24-39(45)51-33(31-50-52(46,47)49-28-27-40)30-48-38(44)23-20-19-22-34-35(37(43)29-36(34)42)26-25-32(41)21-17-6-4-2/h10-11,19-20,25-26,32-37,41-43H,3-9,12-18,21-24,27-31,40H2,1-2H3,(H,46,47)/b11-10-,20-19-,26-25+/t32-,33-,34+,35-,36+,37-/m1/s1. The monoisotopic (exact) mass is 759 g/mol. The van der Waals surface area contributed by atoms with Gasteiger partial charge in [0.1, 0.15) is 6.61 Å². The van der Waals surface area contributed by atoms with Crippen molar-refractivity contribution >= 4 is 19.8 Å². The summed E-state index contributed by atoms with van der Waals surface area (Å²) in [5.41, 5.74) is 5.33. The van der Waals surface area contributed by atoms with E-state index in [4.69, 9.17) is 24.3 Å². The number of nitrogens with two attached hydrogens (primary N) is 1. The number of esters is 2. The van der Waals surface area contributed by atoms with E-state index in [-0.39, 0.29) is 50.9 Å². The Labute approximate surface area is 312 Å². The normalized spacial score (nSPS) is 21.6. The number of aliphatic hydroxyl groups is 3. The van der Waals surface area contributed by atoms with Crippen LogP contribution in [-0.2, 0) is 32.7 Å². The van der Waals surface area contributed by atoms with Crippen LogP contribution in [0.4, 0.5) is 0 Å². The highest BCUT2D eigenvalue weighted by atomic mass is 31.2. The van der Waals surface area contributed by atoms with Gasteiger partial charge in [-0.3, -0.25) is 18.6 Å². The molecule has 1 saturated carbocycles. The van der Waals surface area contributed by atoms with Crippen molar-refractivity contribution in [1.29, 1.82) is 0 Å². The Balaban J connectivity index is 2.52. The summed E-state index contributed by atoms with van der Waals surface area (Å²) in [6, 6.07) is 0. The number of hydrogen-bond donors (Lipinski definition) is 5. The van der Waals surface area contributed by atoms with Crippen molar-refractivity contribution < 1.29 is 52.9 Å². The summed E-state index contributed by atoms with van der Waals surface area (Å²) in [4.78, 5) is 35.0. The third kappa shape index (κ3) is 24.4. The molecule has 1 fully saturated rings. The molecule has 1 aliphatic rings. The van der Waals surface area contributed by atoms with Gasteiger partial charge >= 0.3 is 19.8 Å². The molecule has 0 aromatic rings. The Kier molecular flexibility index (Phi) is 28.2. The molecule has 52 heavy (non-hydrogen) atoms. The molecule has 7 atom stereocenters. The van der Waals surface area contributed by atoms with Crippen molar-refractivity contribution in [3.8, 4) is 0 Å². The van der Waals surface area contributed by atoms with Gasteiger partial charge in [0.05, 0.1) is 37.9 Å². The molecule has 0 heterocycles. The number of allylic oxidation sites excluding steroid dienone is 3. The molecule has 0 radical (unpaired) electrons. The van der Waals surface area contributed by atoms with Gasteiger partial charge in [-0.25, -0.2) is 4.57 Å². The second-order valence-corrected chi connectivity index (χ2v) is 15.2. The third-order valence-corrected chi connectivity index (χ3v) is 10.1. The first-order chi connectivity index (χ1) is 25.0. The van der Waals surface area contributed by atoms with Crippen molar-refractivity contribution in [1.82, 2.24) is 0 Å². The fourth-order valence-electron chi connectivity index (χ4n) is 6.07. The molecule has 0 spiro atoms. The highest BCUT2D eigenvalue weighted by molar-refractivity contribution is 7.47. The van der Waals surface area contributed by atoms with Crippen molar-refractivity contribution in [3.05, 3.63) is 36.5 Å². The zero-order valence-corrected chi connectivity index (χ0v) is 32.8. The molecule has 1 aliphatic carbocycles. The molecular weight excluding hydrogens is 689 g/mol. The van der Waals surface area contributed by atoms with E-state index in [9.17, 15) is 34.4 Å². The summed E-state index contributed by atoms with van der Waals surface area (Å²) < 4.78 is 32.6. The van der Waals surface area contributed by atoms with Crippen LogP contribution in [-0.4, -0.2) is 82.9 Å².